The number of amides is 1. The molecule has 5 heteroatoms. The third-order valence-corrected chi connectivity index (χ3v) is 3.71. The van der Waals surface area contributed by atoms with Crippen molar-refractivity contribution in [2.24, 2.45) is 11.7 Å². The predicted molar refractivity (Wildman–Crippen MR) is 71.0 cm³/mol. The average molecular weight is 264 g/mol. The first-order chi connectivity index (χ1) is 8.79. The summed E-state index contributed by atoms with van der Waals surface area (Å²) in [6, 6.07) is 3.93. The Morgan fingerprint density at radius 1 is 1.61 bits per heavy atom. The van der Waals surface area contributed by atoms with Crippen LogP contribution >= 0.6 is 11.3 Å². The molecular weight excluding hydrogens is 248 g/mol. The van der Waals surface area contributed by atoms with Gasteiger partial charge in [0.05, 0.1) is 30.5 Å². The highest BCUT2D eigenvalue weighted by atomic mass is 32.1. The summed E-state index contributed by atoms with van der Waals surface area (Å²) in [5, 5.41) is 2.93. The Morgan fingerprint density at radius 3 is 3.22 bits per heavy atom. The Hall–Kier alpha value is -1.35. The van der Waals surface area contributed by atoms with E-state index in [0.29, 0.717) is 26.3 Å². The molecule has 1 unspecified atom stereocenters. The number of nitrogens with two attached hydrogens (primary N) is 1. The van der Waals surface area contributed by atoms with Gasteiger partial charge >= 0.3 is 0 Å². The van der Waals surface area contributed by atoms with E-state index in [0.717, 1.165) is 16.2 Å². The molecule has 2 rings (SSSR count). The van der Waals surface area contributed by atoms with Crippen molar-refractivity contribution in [2.75, 3.05) is 19.8 Å². The van der Waals surface area contributed by atoms with Crippen molar-refractivity contribution in [2.45, 2.75) is 13.0 Å². The molecule has 0 saturated carbocycles. The Morgan fingerprint density at radius 2 is 2.50 bits per heavy atom. The van der Waals surface area contributed by atoms with Crippen molar-refractivity contribution in [1.82, 2.24) is 5.32 Å². The quantitative estimate of drug-likeness (QED) is 0.790. The maximum atomic E-state index is 11.8. The lowest BCUT2D eigenvalue weighted by Gasteiger charge is -2.07. The van der Waals surface area contributed by atoms with E-state index < -0.39 is 0 Å². The van der Waals surface area contributed by atoms with Crippen molar-refractivity contribution in [3.63, 3.8) is 0 Å². The SMILES string of the molecule is NCC#Cc1ccc(CNC(=O)C2CCOC2)s1. The summed E-state index contributed by atoms with van der Waals surface area (Å²) in [4.78, 5) is 13.8. The molecule has 1 saturated heterocycles. The van der Waals surface area contributed by atoms with E-state index in [4.69, 9.17) is 10.5 Å². The van der Waals surface area contributed by atoms with Crippen molar-refractivity contribution in [1.29, 1.82) is 0 Å². The van der Waals surface area contributed by atoms with E-state index in [1.807, 2.05) is 12.1 Å². The number of ether oxygens (including phenoxy) is 1. The van der Waals surface area contributed by atoms with E-state index in [9.17, 15) is 4.79 Å². The Labute approximate surface area is 111 Å². The van der Waals surface area contributed by atoms with Gasteiger partial charge in [0.1, 0.15) is 0 Å². The van der Waals surface area contributed by atoms with Gasteiger partial charge in [-0.15, -0.1) is 11.3 Å². The monoisotopic (exact) mass is 264 g/mol. The van der Waals surface area contributed by atoms with E-state index >= 15 is 0 Å². The summed E-state index contributed by atoms with van der Waals surface area (Å²) in [6.07, 6.45) is 0.823. The molecule has 0 bridgehead atoms. The molecule has 1 aliphatic heterocycles. The van der Waals surface area contributed by atoms with Crippen LogP contribution in [0.4, 0.5) is 0 Å². The lowest BCUT2D eigenvalue weighted by atomic mass is 10.1. The number of hydrogen-bond acceptors (Lipinski definition) is 4. The Bertz CT molecular complexity index is 467. The van der Waals surface area contributed by atoms with Gasteiger partial charge < -0.3 is 15.8 Å². The molecular formula is C13H16N2O2S. The molecule has 0 aromatic carbocycles. The molecule has 1 fully saturated rings. The van der Waals surface area contributed by atoms with Crippen molar-refractivity contribution in [3.8, 4) is 11.8 Å². The fraction of sp³-hybridized carbons (Fsp3) is 0.462. The second kappa shape index (κ2) is 6.55. The summed E-state index contributed by atoms with van der Waals surface area (Å²) in [5.41, 5.74) is 5.31. The molecule has 18 heavy (non-hydrogen) atoms. The summed E-state index contributed by atoms with van der Waals surface area (Å²) in [6.45, 7) is 2.16. The minimum atomic E-state index is 0.0152. The van der Waals surface area contributed by atoms with Gasteiger partial charge in [0.15, 0.2) is 0 Å². The Balaban J connectivity index is 1.82. The standard InChI is InChI=1S/C13H16N2O2S/c14-6-1-2-11-3-4-12(18-11)8-15-13(16)10-5-7-17-9-10/h3-4,10H,5-9,14H2,(H,15,16). The van der Waals surface area contributed by atoms with E-state index in [-0.39, 0.29) is 11.8 Å². The zero-order valence-electron chi connectivity index (χ0n) is 10.1. The van der Waals surface area contributed by atoms with E-state index in [1.54, 1.807) is 11.3 Å². The summed E-state index contributed by atoms with van der Waals surface area (Å²) < 4.78 is 5.19. The van der Waals surface area contributed by atoms with Crippen LogP contribution in [0.5, 0.6) is 0 Å². The van der Waals surface area contributed by atoms with Gasteiger partial charge in [0.2, 0.25) is 5.91 Å². The summed E-state index contributed by atoms with van der Waals surface area (Å²) >= 11 is 1.58. The third-order valence-electron chi connectivity index (χ3n) is 2.71. The molecule has 0 aliphatic carbocycles. The molecule has 4 nitrogen and oxygen atoms in total. The highest BCUT2D eigenvalue weighted by molar-refractivity contribution is 7.12. The van der Waals surface area contributed by atoms with Gasteiger partial charge in [0.25, 0.3) is 0 Å². The maximum absolute atomic E-state index is 11.8. The first-order valence-corrected chi connectivity index (χ1v) is 6.74. The lowest BCUT2D eigenvalue weighted by molar-refractivity contribution is -0.125. The van der Waals surface area contributed by atoms with Crippen LogP contribution < -0.4 is 11.1 Å². The topological polar surface area (TPSA) is 64.3 Å². The van der Waals surface area contributed by atoms with Crippen molar-refractivity contribution < 1.29 is 9.53 Å². The number of hydrogen-bond donors (Lipinski definition) is 2. The number of carbonyl (C=O) groups excluding carboxylic acids is 1. The summed E-state index contributed by atoms with van der Waals surface area (Å²) in [7, 11) is 0. The Kier molecular flexibility index (Phi) is 4.76. The average Bonchev–Trinajstić information content (AvgIpc) is 3.04. The molecule has 2 heterocycles. The maximum Gasteiger partial charge on any atom is 0.225 e. The largest absolute Gasteiger partial charge is 0.381 e. The number of rotatable bonds is 3. The lowest BCUT2D eigenvalue weighted by Crippen LogP contribution is -2.30. The van der Waals surface area contributed by atoms with Gasteiger partial charge in [-0.2, -0.15) is 0 Å². The van der Waals surface area contributed by atoms with E-state index in [1.165, 1.54) is 0 Å². The van der Waals surface area contributed by atoms with Crippen molar-refractivity contribution in [3.05, 3.63) is 21.9 Å². The zero-order chi connectivity index (χ0) is 12.8. The minimum absolute atomic E-state index is 0.0152. The molecule has 1 aromatic rings. The molecule has 0 radical (unpaired) electrons. The molecule has 1 aliphatic rings. The van der Waals surface area contributed by atoms with Crippen LogP contribution in [0.15, 0.2) is 12.1 Å². The van der Waals surface area contributed by atoms with Crippen LogP contribution in [0.1, 0.15) is 16.2 Å². The smallest absolute Gasteiger partial charge is 0.225 e. The summed E-state index contributed by atoms with van der Waals surface area (Å²) in [5.74, 6) is 5.88. The normalized spacial score (nSPS) is 18.2. The third kappa shape index (κ3) is 3.57. The van der Waals surface area contributed by atoms with Crippen LogP contribution in [0.2, 0.25) is 0 Å². The number of thiophene rings is 1. The van der Waals surface area contributed by atoms with Crippen LogP contribution in [-0.2, 0) is 16.1 Å². The highest BCUT2D eigenvalue weighted by Gasteiger charge is 2.22. The van der Waals surface area contributed by atoms with Gasteiger partial charge in [-0.1, -0.05) is 11.8 Å². The molecule has 1 aromatic heterocycles. The van der Waals surface area contributed by atoms with E-state index in [2.05, 4.69) is 17.2 Å². The van der Waals surface area contributed by atoms with Crippen LogP contribution in [0.25, 0.3) is 0 Å². The second-order valence-corrected chi connectivity index (χ2v) is 5.22. The molecule has 1 atom stereocenters. The molecule has 1 amide bonds. The highest BCUT2D eigenvalue weighted by Crippen LogP contribution is 2.16. The minimum Gasteiger partial charge on any atom is -0.381 e. The predicted octanol–water partition coefficient (Wildman–Crippen LogP) is 0.711. The van der Waals surface area contributed by atoms with Gasteiger partial charge in [-0.3, -0.25) is 4.79 Å². The van der Waals surface area contributed by atoms with Crippen LogP contribution in [0.3, 0.4) is 0 Å². The van der Waals surface area contributed by atoms with Gasteiger partial charge in [-0.25, -0.2) is 0 Å². The van der Waals surface area contributed by atoms with Crippen LogP contribution in [0, 0.1) is 17.8 Å². The first kappa shape index (κ1) is 13.1. The molecule has 0 spiro atoms. The fourth-order valence-electron chi connectivity index (χ4n) is 1.74. The van der Waals surface area contributed by atoms with Crippen LogP contribution in [-0.4, -0.2) is 25.7 Å². The number of carbonyl (C=O) groups is 1. The first-order valence-electron chi connectivity index (χ1n) is 5.92. The molecule has 3 N–H and O–H groups in total. The van der Waals surface area contributed by atoms with Gasteiger partial charge in [0, 0.05) is 11.5 Å². The second-order valence-electron chi connectivity index (χ2n) is 4.05. The zero-order valence-corrected chi connectivity index (χ0v) is 10.9. The van der Waals surface area contributed by atoms with Gasteiger partial charge in [-0.05, 0) is 18.6 Å². The van der Waals surface area contributed by atoms with Crippen molar-refractivity contribution >= 4 is 17.2 Å². The number of nitrogens with one attached hydrogen (secondary N) is 1. The fourth-order valence-corrected chi connectivity index (χ4v) is 2.56. The molecule has 96 valence electrons.